The maximum absolute atomic E-state index is 10.6. The summed E-state index contributed by atoms with van der Waals surface area (Å²) in [6.45, 7) is 3.76. The Morgan fingerprint density at radius 1 is 0.667 bits per heavy atom. The third-order valence-electron chi connectivity index (χ3n) is 3.55. The molecule has 0 saturated carbocycles. The van der Waals surface area contributed by atoms with Gasteiger partial charge in [0.1, 0.15) is 11.5 Å². The number of hydrogen-bond acceptors (Lipinski definition) is 8. The molecule has 0 bridgehead atoms. The molecule has 2 aromatic carbocycles. The molecule has 0 N–H and O–H groups in total. The molecule has 0 spiro atoms. The Kier molecular flexibility index (Phi) is 10.0. The van der Waals surface area contributed by atoms with Gasteiger partial charge in [-0.25, -0.2) is 16.8 Å². The molecule has 2 rings (SSSR count). The van der Waals surface area contributed by atoms with Gasteiger partial charge in [0.15, 0.2) is 0 Å². The smallest absolute Gasteiger partial charge is 0.716 e. The standard InChI is InChI=1S/C15H16O8S2.2Na/c1-15(2,11-3-7-13(8-4-11)22-24(16,17)18)12-5-9-14(10-6-12)23-25(19,20)21;;/h3-10H,1-2H3,(H,16,17,18)(H,19,20,21);;/q;2*+1/p-2. The molecule has 0 heterocycles. The Labute approximate surface area is 202 Å². The minimum atomic E-state index is -4.84. The minimum absolute atomic E-state index is 0. The first-order valence-corrected chi connectivity index (χ1v) is 9.55. The van der Waals surface area contributed by atoms with Gasteiger partial charge in [-0.05, 0) is 35.4 Å². The van der Waals surface area contributed by atoms with Crippen LogP contribution >= 0.6 is 0 Å². The first-order chi connectivity index (χ1) is 11.4. The van der Waals surface area contributed by atoms with E-state index in [9.17, 15) is 25.9 Å². The van der Waals surface area contributed by atoms with E-state index in [0.717, 1.165) is 11.1 Å². The second-order valence-electron chi connectivity index (χ2n) is 5.66. The van der Waals surface area contributed by atoms with Gasteiger partial charge >= 0.3 is 59.1 Å². The van der Waals surface area contributed by atoms with Crippen LogP contribution in [0.4, 0.5) is 0 Å². The summed E-state index contributed by atoms with van der Waals surface area (Å²) in [4.78, 5) is 0. The quantitative estimate of drug-likeness (QED) is 0.254. The van der Waals surface area contributed by atoms with Crippen molar-refractivity contribution in [3.05, 3.63) is 59.7 Å². The van der Waals surface area contributed by atoms with Gasteiger partial charge in [-0.15, -0.1) is 0 Å². The van der Waals surface area contributed by atoms with Crippen LogP contribution in [0, 0.1) is 0 Å². The monoisotopic (exact) mass is 432 g/mol. The average molecular weight is 432 g/mol. The molecule has 0 saturated heterocycles. The zero-order chi connectivity index (χ0) is 18.9. The van der Waals surface area contributed by atoms with Gasteiger partial charge in [0.2, 0.25) is 0 Å². The molecule has 0 atom stereocenters. The topological polar surface area (TPSA) is 133 Å². The van der Waals surface area contributed by atoms with Crippen molar-refractivity contribution in [1.29, 1.82) is 0 Å². The van der Waals surface area contributed by atoms with E-state index in [1.807, 2.05) is 13.8 Å². The van der Waals surface area contributed by atoms with Crippen LogP contribution in [-0.2, 0) is 26.2 Å². The average Bonchev–Trinajstić information content (AvgIpc) is 2.45. The van der Waals surface area contributed by atoms with Crippen molar-refractivity contribution in [2.75, 3.05) is 0 Å². The zero-order valence-corrected chi connectivity index (χ0v) is 20.8. The Bertz CT molecular complexity index is 874. The largest absolute Gasteiger partial charge is 1.00 e. The molecule has 0 aliphatic heterocycles. The number of benzene rings is 2. The molecule has 0 aromatic heterocycles. The van der Waals surface area contributed by atoms with Gasteiger partial charge in [0, 0.05) is 5.41 Å². The SMILES string of the molecule is CC(C)(c1ccc(OS(=O)(=O)[O-])cc1)c1ccc(OS(=O)(=O)[O-])cc1.[Na+].[Na+]. The third-order valence-corrected chi connectivity index (χ3v) is 4.34. The van der Waals surface area contributed by atoms with E-state index >= 15 is 0 Å². The molecule has 0 unspecified atom stereocenters. The normalized spacial score (nSPS) is 11.7. The molecule has 0 fully saturated rings. The second kappa shape index (κ2) is 10.1. The molecule has 136 valence electrons. The first kappa shape index (κ1) is 26.9. The van der Waals surface area contributed by atoms with Crippen LogP contribution < -0.4 is 67.5 Å². The summed E-state index contributed by atoms with van der Waals surface area (Å²) in [5, 5.41) is 0. The van der Waals surface area contributed by atoms with Gasteiger partial charge in [-0.1, -0.05) is 38.1 Å². The fraction of sp³-hybridized carbons (Fsp3) is 0.200. The summed E-state index contributed by atoms with van der Waals surface area (Å²) in [6.07, 6.45) is 0. The van der Waals surface area contributed by atoms with Crippen LogP contribution in [0.25, 0.3) is 0 Å². The van der Waals surface area contributed by atoms with E-state index < -0.39 is 26.2 Å². The van der Waals surface area contributed by atoms with E-state index in [2.05, 4.69) is 8.37 Å². The van der Waals surface area contributed by atoms with Gasteiger partial charge in [-0.3, -0.25) is 0 Å². The summed E-state index contributed by atoms with van der Waals surface area (Å²) in [7, 11) is -9.67. The van der Waals surface area contributed by atoms with Crippen LogP contribution in [0.1, 0.15) is 25.0 Å². The van der Waals surface area contributed by atoms with Crippen molar-refractivity contribution in [2.24, 2.45) is 0 Å². The van der Waals surface area contributed by atoms with Crippen LogP contribution in [0.5, 0.6) is 11.5 Å². The molecule has 0 aliphatic carbocycles. The minimum Gasteiger partial charge on any atom is -0.716 e. The molecular formula is C15H14Na2O8S2. The molecule has 0 amide bonds. The number of rotatable bonds is 6. The molecule has 2 aromatic rings. The van der Waals surface area contributed by atoms with E-state index in [1.54, 1.807) is 24.3 Å². The van der Waals surface area contributed by atoms with E-state index in [4.69, 9.17) is 0 Å². The molecule has 0 radical (unpaired) electrons. The van der Waals surface area contributed by atoms with Crippen molar-refractivity contribution in [3.8, 4) is 11.5 Å². The molecule has 27 heavy (non-hydrogen) atoms. The van der Waals surface area contributed by atoms with Crippen molar-refractivity contribution >= 4 is 20.8 Å². The Morgan fingerprint density at radius 2 is 0.926 bits per heavy atom. The van der Waals surface area contributed by atoms with E-state index in [1.165, 1.54) is 24.3 Å². The third kappa shape index (κ3) is 8.40. The molecule has 0 aliphatic rings. The number of hydrogen-bond donors (Lipinski definition) is 0. The summed E-state index contributed by atoms with van der Waals surface area (Å²) in [5.74, 6) is -0.196. The molecule has 8 nitrogen and oxygen atoms in total. The van der Waals surface area contributed by atoms with Crippen molar-refractivity contribution < 1.29 is 93.4 Å². The zero-order valence-electron chi connectivity index (χ0n) is 15.2. The summed E-state index contributed by atoms with van der Waals surface area (Å²) >= 11 is 0. The summed E-state index contributed by atoms with van der Waals surface area (Å²) in [6, 6.07) is 11.8. The van der Waals surface area contributed by atoms with Gasteiger partial charge < -0.3 is 17.5 Å². The fourth-order valence-corrected chi connectivity index (χ4v) is 2.95. The van der Waals surface area contributed by atoms with Crippen molar-refractivity contribution in [1.82, 2.24) is 0 Å². The van der Waals surface area contributed by atoms with Crippen LogP contribution in [-0.4, -0.2) is 25.9 Å². The maximum atomic E-state index is 10.6. The Balaban J connectivity index is 0.00000338. The molecular weight excluding hydrogens is 418 g/mol. The van der Waals surface area contributed by atoms with Crippen molar-refractivity contribution in [2.45, 2.75) is 19.3 Å². The van der Waals surface area contributed by atoms with E-state index in [0.29, 0.717) is 0 Å². The fourth-order valence-electron chi connectivity index (χ4n) is 2.26. The van der Waals surface area contributed by atoms with Gasteiger partial charge in [0.25, 0.3) is 20.8 Å². The predicted octanol–water partition coefficient (Wildman–Crippen LogP) is -4.30. The van der Waals surface area contributed by atoms with Crippen LogP contribution in [0.15, 0.2) is 48.5 Å². The first-order valence-electron chi connectivity index (χ1n) is 6.88. The Morgan fingerprint density at radius 3 is 1.15 bits per heavy atom. The van der Waals surface area contributed by atoms with Crippen LogP contribution in [0.3, 0.4) is 0 Å². The maximum Gasteiger partial charge on any atom is 1.00 e. The van der Waals surface area contributed by atoms with Gasteiger partial charge in [0.05, 0.1) is 0 Å². The molecule has 12 heteroatoms. The summed E-state index contributed by atoms with van der Waals surface area (Å²) in [5.41, 5.74) is 1.03. The van der Waals surface area contributed by atoms with Crippen molar-refractivity contribution in [3.63, 3.8) is 0 Å². The summed E-state index contributed by atoms with van der Waals surface area (Å²) < 4.78 is 72.0. The van der Waals surface area contributed by atoms with Gasteiger partial charge in [-0.2, -0.15) is 0 Å². The van der Waals surface area contributed by atoms with Crippen LogP contribution in [0.2, 0.25) is 0 Å². The second-order valence-corrected chi connectivity index (χ2v) is 7.62. The Hall–Kier alpha value is -0.140. The predicted molar refractivity (Wildman–Crippen MR) is 85.7 cm³/mol. The van der Waals surface area contributed by atoms with E-state index in [-0.39, 0.29) is 70.6 Å².